The molecule has 3 aromatic heterocycles. The van der Waals surface area contributed by atoms with Gasteiger partial charge in [-0.2, -0.15) is 0 Å². The number of esters is 1. The second-order valence-corrected chi connectivity index (χ2v) is 7.07. The summed E-state index contributed by atoms with van der Waals surface area (Å²) in [5.74, 6) is -2.15. The highest BCUT2D eigenvalue weighted by Gasteiger charge is 2.44. The Labute approximate surface area is 164 Å². The molecule has 0 aliphatic carbocycles. The number of hydrogen-bond donors (Lipinski definition) is 1. The molecule has 0 amide bonds. The largest absolute Gasteiger partial charge is 0.465 e. The van der Waals surface area contributed by atoms with Crippen LogP contribution in [0.5, 0.6) is 0 Å². The Kier molecular flexibility index (Phi) is 5.03. The number of carbonyl (C=O) groups is 2. The normalized spacial score (nSPS) is 19.5. The van der Waals surface area contributed by atoms with Crippen molar-refractivity contribution in [2.24, 2.45) is 10.9 Å². The van der Waals surface area contributed by atoms with Crippen LogP contribution in [0.4, 0.5) is 0 Å². The Bertz CT molecular complexity index is 1080. The molecule has 0 radical (unpaired) electrons. The summed E-state index contributed by atoms with van der Waals surface area (Å²) in [5.41, 5.74) is 1.45. The zero-order valence-corrected chi connectivity index (χ0v) is 15.9. The average molecular weight is 395 g/mol. The van der Waals surface area contributed by atoms with Crippen LogP contribution in [-0.2, 0) is 25.6 Å². The number of aromatic nitrogens is 2. The average Bonchev–Trinajstić information content (AvgIpc) is 3.41. The lowest BCUT2D eigenvalue weighted by Crippen LogP contribution is -2.27. The van der Waals surface area contributed by atoms with E-state index in [1.54, 1.807) is 36.7 Å². The molecular weight excluding hydrogens is 378 g/mol. The molecule has 1 atom stereocenters. The van der Waals surface area contributed by atoms with Crippen LogP contribution in [-0.4, -0.2) is 34.2 Å². The van der Waals surface area contributed by atoms with Crippen LogP contribution in [0.3, 0.4) is 0 Å². The van der Waals surface area contributed by atoms with Crippen molar-refractivity contribution in [2.75, 3.05) is 6.61 Å². The Morgan fingerprint density at radius 1 is 1.43 bits per heavy atom. The Morgan fingerprint density at radius 2 is 2.32 bits per heavy atom. The molecule has 28 heavy (non-hydrogen) atoms. The number of allylic oxidation sites excluding steroid dienone is 1. The molecule has 4 rings (SSSR count). The predicted octanol–water partition coefficient (Wildman–Crippen LogP) is 3.34. The first-order valence-electron chi connectivity index (χ1n) is 8.76. The van der Waals surface area contributed by atoms with Crippen molar-refractivity contribution in [3.63, 3.8) is 0 Å². The van der Waals surface area contributed by atoms with E-state index >= 15 is 0 Å². The van der Waals surface area contributed by atoms with Gasteiger partial charge in [-0.25, -0.2) is 9.98 Å². The molecular formula is C20H17N3O4S. The number of pyridine rings is 1. The van der Waals surface area contributed by atoms with Crippen molar-refractivity contribution >= 4 is 46.1 Å². The Balaban J connectivity index is 1.68. The van der Waals surface area contributed by atoms with Gasteiger partial charge in [-0.15, -0.1) is 11.3 Å². The number of aliphatic imine (C=N–C) groups is 1. The molecule has 4 heterocycles. The van der Waals surface area contributed by atoms with Gasteiger partial charge in [-0.1, -0.05) is 6.07 Å². The first kappa shape index (κ1) is 18.1. The molecule has 142 valence electrons. The molecule has 7 nitrogen and oxygen atoms in total. The SMILES string of the molecule is CCOC(=O)C1C(=O)/C(=C/c2c[nH]c3ncccc23)OC1=NCc1cccs1. The van der Waals surface area contributed by atoms with E-state index in [1.165, 1.54) is 0 Å². The van der Waals surface area contributed by atoms with Gasteiger partial charge in [0.2, 0.25) is 11.7 Å². The van der Waals surface area contributed by atoms with E-state index in [0.29, 0.717) is 12.2 Å². The lowest BCUT2D eigenvalue weighted by atomic mass is 10.0. The summed E-state index contributed by atoms with van der Waals surface area (Å²) < 4.78 is 10.8. The number of fused-ring (bicyclic) bond motifs is 1. The van der Waals surface area contributed by atoms with Crippen molar-refractivity contribution in [3.05, 3.63) is 58.2 Å². The van der Waals surface area contributed by atoms with E-state index < -0.39 is 17.7 Å². The number of thiophene rings is 1. The monoisotopic (exact) mass is 395 g/mol. The topological polar surface area (TPSA) is 93.6 Å². The molecule has 0 bridgehead atoms. The summed E-state index contributed by atoms with van der Waals surface area (Å²) in [6.07, 6.45) is 5.02. The minimum absolute atomic E-state index is 0.0627. The highest BCUT2D eigenvalue weighted by molar-refractivity contribution is 7.09. The van der Waals surface area contributed by atoms with Crippen LogP contribution in [0, 0.1) is 5.92 Å². The van der Waals surface area contributed by atoms with Gasteiger partial charge in [-0.05, 0) is 36.6 Å². The van der Waals surface area contributed by atoms with Crippen molar-refractivity contribution in [2.45, 2.75) is 13.5 Å². The number of rotatable bonds is 5. The summed E-state index contributed by atoms with van der Waals surface area (Å²) in [4.78, 5) is 37.8. The first-order chi connectivity index (χ1) is 13.7. The second-order valence-electron chi connectivity index (χ2n) is 6.04. The van der Waals surface area contributed by atoms with E-state index in [9.17, 15) is 9.59 Å². The summed E-state index contributed by atoms with van der Waals surface area (Å²) in [7, 11) is 0. The van der Waals surface area contributed by atoms with E-state index in [1.807, 2.05) is 29.6 Å². The molecule has 0 saturated carbocycles. The third-order valence-corrected chi connectivity index (χ3v) is 5.09. The number of ketones is 1. The molecule has 0 spiro atoms. The lowest BCUT2D eigenvalue weighted by Gasteiger charge is -2.06. The van der Waals surface area contributed by atoms with E-state index in [0.717, 1.165) is 15.8 Å². The smallest absolute Gasteiger partial charge is 0.326 e. The predicted molar refractivity (Wildman–Crippen MR) is 106 cm³/mol. The van der Waals surface area contributed by atoms with Gasteiger partial charge in [-0.3, -0.25) is 9.59 Å². The number of Topliss-reactive ketones (excluding diaryl/α,β-unsaturated/α-hetero) is 1. The highest BCUT2D eigenvalue weighted by atomic mass is 32.1. The fourth-order valence-electron chi connectivity index (χ4n) is 2.93. The quantitative estimate of drug-likeness (QED) is 0.406. The molecule has 3 aromatic rings. The van der Waals surface area contributed by atoms with Gasteiger partial charge in [0.25, 0.3) is 0 Å². The van der Waals surface area contributed by atoms with Gasteiger partial charge >= 0.3 is 5.97 Å². The summed E-state index contributed by atoms with van der Waals surface area (Å²) >= 11 is 1.54. The number of nitrogens with one attached hydrogen (secondary N) is 1. The van der Waals surface area contributed by atoms with Gasteiger partial charge in [0, 0.05) is 28.2 Å². The molecule has 1 saturated heterocycles. The number of hydrogen-bond acceptors (Lipinski definition) is 7. The standard InChI is InChI=1S/C20H17N3O4S/c1-2-26-20(25)16-17(24)15(27-19(16)23-11-13-5-4-8-28-13)9-12-10-22-18-14(12)6-3-7-21-18/h3-10,16H,2,11H2,1H3,(H,21,22)/b15-9-,23-19?. The summed E-state index contributed by atoms with van der Waals surface area (Å²) in [6.45, 7) is 2.20. The van der Waals surface area contributed by atoms with Crippen LogP contribution in [0.1, 0.15) is 17.4 Å². The third-order valence-electron chi connectivity index (χ3n) is 4.23. The summed E-state index contributed by atoms with van der Waals surface area (Å²) in [5, 5.41) is 2.79. The third kappa shape index (κ3) is 3.46. The van der Waals surface area contributed by atoms with Crippen molar-refractivity contribution < 1.29 is 19.1 Å². The van der Waals surface area contributed by atoms with Gasteiger partial charge in [0.15, 0.2) is 11.7 Å². The number of carbonyl (C=O) groups excluding carboxylic acids is 2. The van der Waals surface area contributed by atoms with Gasteiger partial charge in [0.05, 0.1) is 13.2 Å². The number of ether oxygens (including phenoxy) is 2. The molecule has 8 heteroatoms. The molecule has 1 aliphatic heterocycles. The Hall–Kier alpha value is -3.26. The fraction of sp³-hybridized carbons (Fsp3) is 0.200. The van der Waals surface area contributed by atoms with E-state index in [-0.39, 0.29) is 18.3 Å². The maximum atomic E-state index is 12.9. The van der Waals surface area contributed by atoms with Gasteiger partial charge in [0.1, 0.15) is 5.65 Å². The lowest BCUT2D eigenvalue weighted by molar-refractivity contribution is -0.147. The van der Waals surface area contributed by atoms with Crippen LogP contribution < -0.4 is 0 Å². The van der Waals surface area contributed by atoms with Gasteiger partial charge < -0.3 is 14.5 Å². The fourth-order valence-corrected chi connectivity index (χ4v) is 3.56. The number of H-pyrrole nitrogens is 1. The van der Waals surface area contributed by atoms with Crippen molar-refractivity contribution in [1.29, 1.82) is 0 Å². The van der Waals surface area contributed by atoms with Crippen LogP contribution in [0.2, 0.25) is 0 Å². The minimum Gasteiger partial charge on any atom is -0.465 e. The summed E-state index contributed by atoms with van der Waals surface area (Å²) in [6, 6.07) is 7.55. The first-order valence-corrected chi connectivity index (χ1v) is 9.64. The highest BCUT2D eigenvalue weighted by Crippen LogP contribution is 2.28. The minimum atomic E-state index is -1.17. The zero-order valence-electron chi connectivity index (χ0n) is 15.0. The van der Waals surface area contributed by atoms with Crippen LogP contribution in [0.25, 0.3) is 17.1 Å². The number of aromatic amines is 1. The van der Waals surface area contributed by atoms with Crippen LogP contribution >= 0.6 is 11.3 Å². The second kappa shape index (κ2) is 7.77. The molecule has 1 fully saturated rings. The number of nitrogens with zero attached hydrogens (tertiary/aromatic N) is 2. The molecule has 1 aliphatic rings. The Morgan fingerprint density at radius 3 is 3.11 bits per heavy atom. The van der Waals surface area contributed by atoms with E-state index in [4.69, 9.17) is 9.47 Å². The van der Waals surface area contributed by atoms with Crippen molar-refractivity contribution in [1.82, 2.24) is 9.97 Å². The maximum Gasteiger partial charge on any atom is 0.326 e. The molecule has 1 unspecified atom stereocenters. The van der Waals surface area contributed by atoms with E-state index in [2.05, 4.69) is 15.0 Å². The molecule has 1 N–H and O–H groups in total. The zero-order chi connectivity index (χ0) is 19.5. The molecule has 0 aromatic carbocycles. The maximum absolute atomic E-state index is 12.9. The van der Waals surface area contributed by atoms with Crippen LogP contribution in [0.15, 0.2) is 52.8 Å². The van der Waals surface area contributed by atoms with Crippen molar-refractivity contribution in [3.8, 4) is 0 Å².